The number of urea groups is 1. The van der Waals surface area contributed by atoms with Gasteiger partial charge in [-0.25, -0.2) is 9.59 Å². The molecule has 1 aromatic rings. The lowest BCUT2D eigenvalue weighted by Gasteiger charge is -2.11. The van der Waals surface area contributed by atoms with E-state index in [4.69, 9.17) is 4.74 Å². The number of esters is 1. The quantitative estimate of drug-likeness (QED) is 0.788. The molecular weight excluding hydrogens is 284 g/mol. The minimum absolute atomic E-state index is 0.0348. The van der Waals surface area contributed by atoms with Crippen molar-refractivity contribution in [3.05, 3.63) is 35.4 Å². The molecule has 6 heteroatoms. The van der Waals surface area contributed by atoms with Crippen molar-refractivity contribution in [2.24, 2.45) is 0 Å². The van der Waals surface area contributed by atoms with Crippen LogP contribution < -0.4 is 10.6 Å². The number of hydrogen-bond donors (Lipinski definition) is 2. The highest BCUT2D eigenvalue weighted by Gasteiger charge is 2.13. The van der Waals surface area contributed by atoms with Crippen molar-refractivity contribution >= 4 is 17.9 Å². The number of ether oxygens (including phenoxy) is 1. The van der Waals surface area contributed by atoms with Crippen molar-refractivity contribution in [3.63, 3.8) is 0 Å². The van der Waals surface area contributed by atoms with Crippen LogP contribution >= 0.6 is 0 Å². The van der Waals surface area contributed by atoms with Crippen LogP contribution in [0.5, 0.6) is 0 Å². The van der Waals surface area contributed by atoms with E-state index < -0.39 is 24.5 Å². The molecule has 120 valence electrons. The van der Waals surface area contributed by atoms with Crippen molar-refractivity contribution in [2.75, 3.05) is 6.61 Å². The summed E-state index contributed by atoms with van der Waals surface area (Å²) >= 11 is 0. The van der Waals surface area contributed by atoms with Crippen LogP contribution in [0.25, 0.3) is 0 Å². The van der Waals surface area contributed by atoms with E-state index in [1.807, 2.05) is 32.9 Å². The number of carbonyl (C=O) groups excluding carboxylic acids is 3. The number of imide groups is 1. The summed E-state index contributed by atoms with van der Waals surface area (Å²) in [5.74, 6) is -1.26. The summed E-state index contributed by atoms with van der Waals surface area (Å²) < 4.78 is 4.86. The van der Waals surface area contributed by atoms with Gasteiger partial charge in [0.05, 0.1) is 5.56 Å². The molecule has 0 radical (unpaired) electrons. The molecule has 0 unspecified atom stereocenters. The topological polar surface area (TPSA) is 84.5 Å². The molecular formula is C16H22N2O4. The Labute approximate surface area is 130 Å². The molecule has 6 nitrogen and oxygen atoms in total. The summed E-state index contributed by atoms with van der Waals surface area (Å²) in [6.45, 7) is 5.26. The normalized spacial score (nSPS) is 11.4. The van der Waals surface area contributed by atoms with Crippen molar-refractivity contribution < 1.29 is 19.1 Å². The molecule has 0 aliphatic rings. The number of hydrogen-bond acceptors (Lipinski definition) is 4. The monoisotopic (exact) mass is 306 g/mol. The average Bonchev–Trinajstić information content (AvgIpc) is 2.52. The maximum Gasteiger partial charge on any atom is 0.338 e. The fraction of sp³-hybridized carbons (Fsp3) is 0.438. The van der Waals surface area contributed by atoms with Crippen LogP contribution in [0.4, 0.5) is 4.79 Å². The Morgan fingerprint density at radius 3 is 2.32 bits per heavy atom. The predicted molar refractivity (Wildman–Crippen MR) is 82.5 cm³/mol. The molecule has 0 aromatic heterocycles. The molecule has 0 saturated heterocycles. The first-order valence-electron chi connectivity index (χ1n) is 7.32. The van der Waals surface area contributed by atoms with E-state index in [-0.39, 0.29) is 6.04 Å². The highest BCUT2D eigenvalue weighted by molar-refractivity contribution is 5.97. The second kappa shape index (κ2) is 8.81. The molecule has 0 bridgehead atoms. The predicted octanol–water partition coefficient (Wildman–Crippen LogP) is 2.03. The van der Waals surface area contributed by atoms with Crippen molar-refractivity contribution in [1.29, 1.82) is 0 Å². The van der Waals surface area contributed by atoms with Gasteiger partial charge in [0.2, 0.25) is 0 Å². The SMILES string of the molecule is CCc1ccc(C(=O)OCC(=O)NC(=O)N[C@@H](C)CC)cc1. The molecule has 0 heterocycles. The third-order valence-corrected chi connectivity index (χ3v) is 3.18. The number of amides is 3. The zero-order chi connectivity index (χ0) is 16.5. The Bertz CT molecular complexity index is 525. The molecule has 1 aromatic carbocycles. The third-order valence-electron chi connectivity index (χ3n) is 3.18. The van der Waals surface area contributed by atoms with Gasteiger partial charge in [-0.05, 0) is 37.5 Å². The number of nitrogens with one attached hydrogen (secondary N) is 2. The van der Waals surface area contributed by atoms with Gasteiger partial charge in [-0.3, -0.25) is 10.1 Å². The fourth-order valence-corrected chi connectivity index (χ4v) is 1.62. The van der Waals surface area contributed by atoms with Gasteiger partial charge in [0, 0.05) is 6.04 Å². The number of rotatable bonds is 6. The van der Waals surface area contributed by atoms with E-state index in [1.165, 1.54) is 0 Å². The number of carbonyl (C=O) groups is 3. The van der Waals surface area contributed by atoms with Crippen LogP contribution in [0.1, 0.15) is 43.1 Å². The van der Waals surface area contributed by atoms with Crippen LogP contribution in [0.2, 0.25) is 0 Å². The van der Waals surface area contributed by atoms with Gasteiger partial charge in [0.25, 0.3) is 5.91 Å². The Hall–Kier alpha value is -2.37. The summed E-state index contributed by atoms with van der Waals surface area (Å²) in [5, 5.41) is 4.69. The van der Waals surface area contributed by atoms with Crippen molar-refractivity contribution in [3.8, 4) is 0 Å². The van der Waals surface area contributed by atoms with Gasteiger partial charge in [0.15, 0.2) is 6.61 Å². The molecule has 0 saturated carbocycles. The smallest absolute Gasteiger partial charge is 0.338 e. The van der Waals surface area contributed by atoms with E-state index >= 15 is 0 Å². The standard InChI is InChI=1S/C16H22N2O4/c1-4-11(3)17-16(21)18-14(19)10-22-15(20)13-8-6-12(5-2)7-9-13/h6-9,11H,4-5,10H2,1-3H3,(H2,17,18,19,21)/t11-/m0/s1. The van der Waals surface area contributed by atoms with E-state index in [9.17, 15) is 14.4 Å². The van der Waals surface area contributed by atoms with E-state index in [1.54, 1.807) is 12.1 Å². The van der Waals surface area contributed by atoms with Gasteiger partial charge in [-0.2, -0.15) is 0 Å². The lowest BCUT2D eigenvalue weighted by atomic mass is 10.1. The highest BCUT2D eigenvalue weighted by atomic mass is 16.5. The fourth-order valence-electron chi connectivity index (χ4n) is 1.62. The van der Waals surface area contributed by atoms with E-state index in [2.05, 4.69) is 10.6 Å². The molecule has 3 amide bonds. The molecule has 22 heavy (non-hydrogen) atoms. The van der Waals surface area contributed by atoms with Crippen LogP contribution in [0.15, 0.2) is 24.3 Å². The third kappa shape index (κ3) is 5.95. The van der Waals surface area contributed by atoms with Crippen molar-refractivity contribution in [2.45, 2.75) is 39.7 Å². The Balaban J connectivity index is 2.39. The maximum absolute atomic E-state index is 11.8. The van der Waals surface area contributed by atoms with E-state index in [0.717, 1.165) is 18.4 Å². The molecule has 0 spiro atoms. The van der Waals surface area contributed by atoms with Gasteiger partial charge in [-0.15, -0.1) is 0 Å². The minimum Gasteiger partial charge on any atom is -0.452 e. The first kappa shape index (κ1) is 17.7. The average molecular weight is 306 g/mol. The summed E-state index contributed by atoms with van der Waals surface area (Å²) in [5.41, 5.74) is 1.48. The lowest BCUT2D eigenvalue weighted by molar-refractivity contribution is -0.123. The molecule has 1 rings (SSSR count). The Morgan fingerprint density at radius 2 is 1.77 bits per heavy atom. The first-order chi connectivity index (χ1) is 10.5. The summed E-state index contributed by atoms with van der Waals surface area (Å²) in [7, 11) is 0. The molecule has 0 fully saturated rings. The lowest BCUT2D eigenvalue weighted by Crippen LogP contribution is -2.44. The largest absolute Gasteiger partial charge is 0.452 e. The van der Waals surface area contributed by atoms with Gasteiger partial charge in [0.1, 0.15) is 0 Å². The Kier molecular flexibility index (Phi) is 7.08. The van der Waals surface area contributed by atoms with Gasteiger partial charge >= 0.3 is 12.0 Å². The number of aryl methyl sites for hydroxylation is 1. The van der Waals surface area contributed by atoms with Crippen LogP contribution in [-0.4, -0.2) is 30.6 Å². The Morgan fingerprint density at radius 1 is 1.14 bits per heavy atom. The zero-order valence-electron chi connectivity index (χ0n) is 13.1. The molecule has 0 aliphatic heterocycles. The zero-order valence-corrected chi connectivity index (χ0v) is 13.1. The molecule has 1 atom stereocenters. The second-order valence-corrected chi connectivity index (χ2v) is 4.96. The van der Waals surface area contributed by atoms with Crippen LogP contribution in [0, 0.1) is 0 Å². The summed E-state index contributed by atoms with van der Waals surface area (Å²) in [6.07, 6.45) is 1.63. The number of benzene rings is 1. The second-order valence-electron chi connectivity index (χ2n) is 4.96. The molecule has 0 aliphatic carbocycles. The summed E-state index contributed by atoms with van der Waals surface area (Å²) in [6, 6.07) is 6.32. The summed E-state index contributed by atoms with van der Waals surface area (Å²) in [4.78, 5) is 34.7. The molecule has 2 N–H and O–H groups in total. The van der Waals surface area contributed by atoms with Gasteiger partial charge in [-0.1, -0.05) is 26.0 Å². The first-order valence-corrected chi connectivity index (χ1v) is 7.32. The van der Waals surface area contributed by atoms with Crippen LogP contribution in [0.3, 0.4) is 0 Å². The minimum atomic E-state index is -0.667. The van der Waals surface area contributed by atoms with Gasteiger partial charge < -0.3 is 10.1 Å². The highest BCUT2D eigenvalue weighted by Crippen LogP contribution is 2.06. The maximum atomic E-state index is 11.8. The van der Waals surface area contributed by atoms with Crippen molar-refractivity contribution in [1.82, 2.24) is 10.6 Å². The van der Waals surface area contributed by atoms with E-state index in [0.29, 0.717) is 5.56 Å². The van der Waals surface area contributed by atoms with Crippen LogP contribution in [-0.2, 0) is 16.0 Å².